The number of piperidine rings is 1. The molecule has 0 amide bonds. The first kappa shape index (κ1) is 14.4. The summed E-state index contributed by atoms with van der Waals surface area (Å²) in [7, 11) is 0. The van der Waals surface area contributed by atoms with Gasteiger partial charge in [0.15, 0.2) is 0 Å². The summed E-state index contributed by atoms with van der Waals surface area (Å²) in [5.41, 5.74) is 6.45. The second-order valence-electron chi connectivity index (χ2n) is 5.05. The number of aliphatic hydroxyl groups excluding tert-OH is 1. The first-order chi connectivity index (χ1) is 9.11. The summed E-state index contributed by atoms with van der Waals surface area (Å²) in [4.78, 5) is 2.30. The van der Waals surface area contributed by atoms with Gasteiger partial charge < -0.3 is 10.8 Å². The van der Waals surface area contributed by atoms with Crippen LogP contribution in [0.2, 0.25) is 0 Å². The van der Waals surface area contributed by atoms with Gasteiger partial charge in [-0.05, 0) is 37.9 Å². The van der Waals surface area contributed by atoms with E-state index in [2.05, 4.69) is 4.90 Å². The topological polar surface area (TPSA) is 49.5 Å². The molecule has 1 fully saturated rings. The molecular weight excluding hydrogens is 263 g/mol. The maximum absolute atomic E-state index is 14.2. The number of halogens is 1. The summed E-state index contributed by atoms with van der Waals surface area (Å²) in [5, 5.41) is 9.10. The number of hydrogen-bond donors (Lipinski definition) is 2. The van der Waals surface area contributed by atoms with Gasteiger partial charge in [-0.1, -0.05) is 24.4 Å². The van der Waals surface area contributed by atoms with E-state index in [4.69, 9.17) is 23.1 Å². The lowest BCUT2D eigenvalue weighted by Crippen LogP contribution is -2.34. The highest BCUT2D eigenvalue weighted by Gasteiger charge is 2.20. The Morgan fingerprint density at radius 1 is 1.42 bits per heavy atom. The van der Waals surface area contributed by atoms with Gasteiger partial charge in [-0.25, -0.2) is 4.39 Å². The number of aliphatic hydroxyl groups is 1. The van der Waals surface area contributed by atoms with Crippen LogP contribution in [0.15, 0.2) is 18.2 Å². The third kappa shape index (κ3) is 3.49. The van der Waals surface area contributed by atoms with Crippen LogP contribution in [0, 0.1) is 11.7 Å². The van der Waals surface area contributed by atoms with Gasteiger partial charge in [0.05, 0.1) is 0 Å². The summed E-state index contributed by atoms with van der Waals surface area (Å²) in [5.74, 6) is 0.0864. The Balaban J connectivity index is 2.04. The van der Waals surface area contributed by atoms with Crippen molar-refractivity contribution in [1.29, 1.82) is 0 Å². The molecule has 0 unspecified atom stereocenters. The van der Waals surface area contributed by atoms with Gasteiger partial charge in [0.25, 0.3) is 0 Å². The molecule has 2 rings (SSSR count). The van der Waals surface area contributed by atoms with Gasteiger partial charge in [0.1, 0.15) is 10.8 Å². The zero-order chi connectivity index (χ0) is 13.8. The van der Waals surface area contributed by atoms with Crippen LogP contribution in [0.25, 0.3) is 0 Å². The van der Waals surface area contributed by atoms with Crippen molar-refractivity contribution in [1.82, 2.24) is 4.90 Å². The predicted molar refractivity (Wildman–Crippen MR) is 77.4 cm³/mol. The van der Waals surface area contributed by atoms with Crippen LogP contribution >= 0.6 is 12.2 Å². The molecule has 0 aliphatic carbocycles. The molecule has 1 saturated heterocycles. The average molecular weight is 282 g/mol. The number of hydrogen-bond acceptors (Lipinski definition) is 3. The van der Waals surface area contributed by atoms with Gasteiger partial charge >= 0.3 is 0 Å². The van der Waals surface area contributed by atoms with E-state index in [0.717, 1.165) is 25.9 Å². The van der Waals surface area contributed by atoms with Crippen molar-refractivity contribution in [3.63, 3.8) is 0 Å². The quantitative estimate of drug-likeness (QED) is 0.825. The van der Waals surface area contributed by atoms with Crippen LogP contribution < -0.4 is 5.73 Å². The van der Waals surface area contributed by atoms with Gasteiger partial charge in [-0.15, -0.1) is 0 Å². The normalized spacial score (nSPS) is 17.6. The third-order valence-electron chi connectivity index (χ3n) is 3.70. The molecule has 0 bridgehead atoms. The Bertz CT molecular complexity index is 459. The monoisotopic (exact) mass is 282 g/mol. The predicted octanol–water partition coefficient (Wildman–Crippen LogP) is 1.66. The first-order valence-corrected chi connectivity index (χ1v) is 6.93. The second kappa shape index (κ2) is 6.41. The van der Waals surface area contributed by atoms with E-state index in [0.29, 0.717) is 23.6 Å². The fourth-order valence-corrected chi connectivity index (χ4v) is 2.62. The van der Waals surface area contributed by atoms with Crippen LogP contribution in [0.4, 0.5) is 4.39 Å². The lowest BCUT2D eigenvalue weighted by atomic mass is 9.97. The molecule has 0 spiro atoms. The van der Waals surface area contributed by atoms with Crippen LogP contribution in [0.5, 0.6) is 0 Å². The highest BCUT2D eigenvalue weighted by molar-refractivity contribution is 7.80. The number of thiocarbonyl (C=S) groups is 1. The zero-order valence-electron chi connectivity index (χ0n) is 10.8. The molecule has 0 aromatic heterocycles. The molecule has 1 aromatic rings. The number of rotatable bonds is 4. The van der Waals surface area contributed by atoms with Crippen molar-refractivity contribution < 1.29 is 9.50 Å². The Morgan fingerprint density at radius 2 is 2.11 bits per heavy atom. The van der Waals surface area contributed by atoms with Crippen molar-refractivity contribution in [3.05, 3.63) is 35.1 Å². The summed E-state index contributed by atoms with van der Waals surface area (Å²) in [6.07, 6.45) is 1.93. The van der Waals surface area contributed by atoms with E-state index in [9.17, 15) is 4.39 Å². The molecule has 3 nitrogen and oxygen atoms in total. The molecule has 1 heterocycles. The maximum Gasteiger partial charge on any atom is 0.137 e. The van der Waals surface area contributed by atoms with Gasteiger partial charge in [0.2, 0.25) is 0 Å². The highest BCUT2D eigenvalue weighted by atomic mass is 32.1. The minimum atomic E-state index is -0.306. The largest absolute Gasteiger partial charge is 0.396 e. The Hall–Kier alpha value is -1.04. The Morgan fingerprint density at radius 3 is 2.68 bits per heavy atom. The molecule has 0 saturated carbocycles. The first-order valence-electron chi connectivity index (χ1n) is 6.52. The Kier molecular flexibility index (Phi) is 4.85. The summed E-state index contributed by atoms with van der Waals surface area (Å²) in [6.45, 7) is 2.60. The van der Waals surface area contributed by atoms with Crippen LogP contribution in [-0.2, 0) is 6.54 Å². The summed E-state index contributed by atoms with van der Waals surface area (Å²) < 4.78 is 14.2. The van der Waals surface area contributed by atoms with Crippen molar-refractivity contribution in [2.75, 3.05) is 19.7 Å². The van der Waals surface area contributed by atoms with Crippen molar-refractivity contribution in [2.24, 2.45) is 11.7 Å². The molecule has 19 heavy (non-hydrogen) atoms. The molecule has 1 aliphatic rings. The zero-order valence-corrected chi connectivity index (χ0v) is 11.6. The van der Waals surface area contributed by atoms with Crippen molar-refractivity contribution in [2.45, 2.75) is 19.4 Å². The summed E-state index contributed by atoms with van der Waals surface area (Å²) in [6, 6.07) is 5.17. The van der Waals surface area contributed by atoms with Gasteiger partial charge in [-0.3, -0.25) is 4.90 Å². The number of likely N-dealkylation sites (tertiary alicyclic amines) is 1. The smallest absolute Gasteiger partial charge is 0.137 e. The maximum atomic E-state index is 14.2. The number of benzene rings is 1. The molecular formula is C14H19FN2OS. The molecule has 0 radical (unpaired) electrons. The van der Waals surface area contributed by atoms with Crippen LogP contribution in [-0.4, -0.2) is 34.7 Å². The highest BCUT2D eigenvalue weighted by Crippen LogP contribution is 2.20. The standard InChI is InChI=1S/C14H19FN2OS/c15-13-11(2-1-3-12(13)14(16)19)8-17-6-4-10(9-18)5-7-17/h1-3,10,18H,4-9H2,(H2,16,19). The molecule has 1 aliphatic heterocycles. The minimum Gasteiger partial charge on any atom is -0.396 e. The van der Waals surface area contributed by atoms with E-state index >= 15 is 0 Å². The van der Waals surface area contributed by atoms with Crippen LogP contribution in [0.1, 0.15) is 24.0 Å². The van der Waals surface area contributed by atoms with Crippen molar-refractivity contribution in [3.8, 4) is 0 Å². The molecule has 104 valence electrons. The average Bonchev–Trinajstić information content (AvgIpc) is 2.41. The minimum absolute atomic E-state index is 0.0957. The van der Waals surface area contributed by atoms with E-state index in [1.807, 2.05) is 0 Å². The molecule has 1 aromatic carbocycles. The van der Waals surface area contributed by atoms with Gasteiger partial charge in [-0.2, -0.15) is 0 Å². The van der Waals surface area contributed by atoms with E-state index in [1.165, 1.54) is 0 Å². The van der Waals surface area contributed by atoms with E-state index in [1.54, 1.807) is 18.2 Å². The molecule has 5 heteroatoms. The van der Waals surface area contributed by atoms with E-state index < -0.39 is 0 Å². The van der Waals surface area contributed by atoms with Crippen molar-refractivity contribution >= 4 is 17.2 Å². The second-order valence-corrected chi connectivity index (χ2v) is 5.48. The lowest BCUT2D eigenvalue weighted by Gasteiger charge is -2.31. The van der Waals surface area contributed by atoms with Crippen LogP contribution in [0.3, 0.4) is 0 Å². The fourth-order valence-electron chi connectivity index (χ4n) is 2.46. The fraction of sp³-hybridized carbons (Fsp3) is 0.500. The van der Waals surface area contributed by atoms with Gasteiger partial charge in [0, 0.05) is 24.3 Å². The van der Waals surface area contributed by atoms with E-state index in [-0.39, 0.29) is 17.4 Å². The third-order valence-corrected chi connectivity index (χ3v) is 3.92. The lowest BCUT2D eigenvalue weighted by molar-refractivity contribution is 0.126. The SMILES string of the molecule is NC(=S)c1cccc(CN2CCC(CO)CC2)c1F. The molecule has 3 N–H and O–H groups in total. The number of nitrogens with two attached hydrogens (primary N) is 1. The number of nitrogens with zero attached hydrogens (tertiary/aromatic N) is 1. The Labute approximate surface area is 118 Å². The molecule has 0 atom stereocenters. The summed E-state index contributed by atoms with van der Waals surface area (Å²) >= 11 is 4.84.